The van der Waals surface area contributed by atoms with E-state index in [4.69, 9.17) is 4.74 Å². The maximum Gasteiger partial charge on any atom is 0.242 e. The summed E-state index contributed by atoms with van der Waals surface area (Å²) in [6.07, 6.45) is 0. The summed E-state index contributed by atoms with van der Waals surface area (Å²) in [6.45, 7) is 0. The molecule has 3 nitrogen and oxygen atoms in total. The Hall–Kier alpha value is -2.48. The molecule has 3 aromatic rings. The minimum atomic E-state index is -1.26. The van der Waals surface area contributed by atoms with Crippen molar-refractivity contribution in [2.24, 2.45) is 0 Å². The second kappa shape index (κ2) is 6.79. The van der Waals surface area contributed by atoms with Crippen LogP contribution in [0.4, 0.5) is 17.6 Å². The lowest BCUT2D eigenvalue weighted by Gasteiger charge is -2.15. The molecule has 0 radical (unpaired) electrons. The monoisotopic (exact) mass is 412 g/mol. The van der Waals surface area contributed by atoms with Gasteiger partial charge >= 0.3 is 0 Å². The number of nitrogens with zero attached hydrogens (tertiary/aromatic N) is 2. The summed E-state index contributed by atoms with van der Waals surface area (Å²) >= 11 is 3.27. The number of rotatable bonds is 3. The van der Waals surface area contributed by atoms with E-state index in [1.54, 1.807) is 24.3 Å². The van der Waals surface area contributed by atoms with Gasteiger partial charge in [0.1, 0.15) is 17.5 Å². The van der Waals surface area contributed by atoms with Crippen LogP contribution in [0.1, 0.15) is 0 Å². The number of methoxy groups -OCH3 is 1. The molecule has 25 heavy (non-hydrogen) atoms. The van der Waals surface area contributed by atoms with Gasteiger partial charge in [0.05, 0.1) is 23.8 Å². The molecule has 0 aliphatic heterocycles. The van der Waals surface area contributed by atoms with Gasteiger partial charge in [0, 0.05) is 16.6 Å². The molecule has 0 saturated heterocycles. The van der Waals surface area contributed by atoms with Crippen molar-refractivity contribution in [2.45, 2.75) is 0 Å². The first-order chi connectivity index (χ1) is 11.9. The second-order valence-electron chi connectivity index (χ2n) is 5.00. The molecule has 0 fully saturated rings. The van der Waals surface area contributed by atoms with Crippen molar-refractivity contribution in [3.63, 3.8) is 0 Å². The number of aromatic nitrogens is 2. The minimum absolute atomic E-state index is 0.00640. The van der Waals surface area contributed by atoms with Crippen LogP contribution >= 0.6 is 15.9 Å². The summed E-state index contributed by atoms with van der Waals surface area (Å²) < 4.78 is 61.9. The smallest absolute Gasteiger partial charge is 0.242 e. The van der Waals surface area contributed by atoms with Crippen molar-refractivity contribution in [3.8, 4) is 28.1 Å². The summed E-state index contributed by atoms with van der Waals surface area (Å²) in [5.41, 5.74) is -0.840. The molecule has 2 aromatic carbocycles. The van der Waals surface area contributed by atoms with Crippen molar-refractivity contribution >= 4 is 15.9 Å². The zero-order chi connectivity index (χ0) is 18.1. The first-order valence-electron chi connectivity index (χ1n) is 6.93. The van der Waals surface area contributed by atoms with Crippen LogP contribution in [0.2, 0.25) is 0 Å². The Kier molecular flexibility index (Phi) is 4.71. The van der Waals surface area contributed by atoms with Gasteiger partial charge < -0.3 is 4.74 Å². The lowest BCUT2D eigenvalue weighted by atomic mass is 9.96. The largest absolute Gasteiger partial charge is 0.479 e. The highest BCUT2D eigenvalue weighted by Crippen LogP contribution is 2.41. The Labute approximate surface area is 148 Å². The fraction of sp³-hybridized carbons (Fsp3) is 0.0588. The number of benzene rings is 2. The van der Waals surface area contributed by atoms with Gasteiger partial charge in [-0.05, 0) is 17.7 Å². The first-order valence-corrected chi connectivity index (χ1v) is 7.72. The second-order valence-corrected chi connectivity index (χ2v) is 5.92. The third-order valence-electron chi connectivity index (χ3n) is 3.48. The molecule has 1 aromatic heterocycles. The minimum Gasteiger partial charge on any atom is -0.479 e. The highest BCUT2D eigenvalue weighted by molar-refractivity contribution is 9.10. The van der Waals surface area contributed by atoms with Gasteiger partial charge in [-0.2, -0.15) is 4.39 Å². The van der Waals surface area contributed by atoms with Crippen LogP contribution in [0.3, 0.4) is 0 Å². The van der Waals surface area contributed by atoms with Gasteiger partial charge in [-0.15, -0.1) is 10.2 Å². The topological polar surface area (TPSA) is 35.0 Å². The molecule has 0 unspecified atom stereocenters. The van der Waals surface area contributed by atoms with E-state index in [1.807, 2.05) is 0 Å². The molecule has 128 valence electrons. The van der Waals surface area contributed by atoms with Crippen molar-refractivity contribution in [1.82, 2.24) is 10.2 Å². The van der Waals surface area contributed by atoms with E-state index in [-0.39, 0.29) is 11.4 Å². The summed E-state index contributed by atoms with van der Waals surface area (Å²) in [7, 11) is 1.27. The molecule has 8 heteroatoms. The Morgan fingerprint density at radius 3 is 2.00 bits per heavy atom. The third kappa shape index (κ3) is 3.21. The molecule has 0 spiro atoms. The van der Waals surface area contributed by atoms with Crippen molar-refractivity contribution in [2.75, 3.05) is 7.11 Å². The average Bonchev–Trinajstić information content (AvgIpc) is 2.56. The molecule has 0 aliphatic carbocycles. The van der Waals surface area contributed by atoms with Gasteiger partial charge in [0.2, 0.25) is 11.8 Å². The van der Waals surface area contributed by atoms with Crippen LogP contribution in [-0.4, -0.2) is 17.3 Å². The fourth-order valence-electron chi connectivity index (χ4n) is 2.44. The van der Waals surface area contributed by atoms with Crippen LogP contribution in [0, 0.1) is 23.4 Å². The van der Waals surface area contributed by atoms with E-state index < -0.39 is 34.5 Å². The summed E-state index contributed by atoms with van der Waals surface area (Å²) in [4.78, 5) is 0. The Morgan fingerprint density at radius 1 is 0.840 bits per heavy atom. The molecular weight excluding hydrogens is 404 g/mol. The van der Waals surface area contributed by atoms with Gasteiger partial charge in [0.25, 0.3) is 0 Å². The lowest BCUT2D eigenvalue weighted by Crippen LogP contribution is -2.04. The zero-order valence-corrected chi connectivity index (χ0v) is 14.2. The van der Waals surface area contributed by atoms with Gasteiger partial charge in [-0.1, -0.05) is 28.1 Å². The number of halogens is 5. The maximum atomic E-state index is 14.4. The maximum absolute atomic E-state index is 14.4. The normalized spacial score (nSPS) is 10.8. The van der Waals surface area contributed by atoms with Crippen molar-refractivity contribution in [1.29, 1.82) is 0 Å². The zero-order valence-electron chi connectivity index (χ0n) is 12.7. The molecule has 0 amide bonds. The molecule has 0 N–H and O–H groups in total. The average molecular weight is 413 g/mol. The quantitative estimate of drug-likeness (QED) is 0.558. The predicted molar refractivity (Wildman–Crippen MR) is 87.0 cm³/mol. The molecule has 0 bridgehead atoms. The van der Waals surface area contributed by atoms with Crippen LogP contribution in [0.5, 0.6) is 5.88 Å². The standard InChI is InChI=1S/C17H9BrF4N2O/c1-25-17-13(8-2-4-9(18)5-3-8)15(16(22)23-24-17)14-11(20)6-10(19)7-12(14)21/h2-7H,1H3. The van der Waals surface area contributed by atoms with Crippen LogP contribution in [-0.2, 0) is 0 Å². The number of hydrogen-bond donors (Lipinski definition) is 0. The Bertz CT molecular complexity index is 925. The van der Waals surface area contributed by atoms with E-state index >= 15 is 0 Å². The Balaban J connectivity index is 2.39. The highest BCUT2D eigenvalue weighted by Gasteiger charge is 2.26. The van der Waals surface area contributed by atoms with E-state index in [0.29, 0.717) is 17.7 Å². The van der Waals surface area contributed by atoms with Crippen molar-refractivity contribution < 1.29 is 22.3 Å². The predicted octanol–water partition coefficient (Wildman–Crippen LogP) is 5.14. The molecule has 0 atom stereocenters. The van der Waals surface area contributed by atoms with Crippen LogP contribution < -0.4 is 4.74 Å². The molecule has 3 rings (SSSR count). The van der Waals surface area contributed by atoms with Crippen LogP contribution in [0.15, 0.2) is 40.9 Å². The number of ether oxygens (including phenoxy) is 1. The SMILES string of the molecule is COc1nnc(F)c(-c2c(F)cc(F)cc2F)c1-c1ccc(Br)cc1. The van der Waals surface area contributed by atoms with E-state index in [9.17, 15) is 17.6 Å². The van der Waals surface area contributed by atoms with Crippen molar-refractivity contribution in [3.05, 3.63) is 64.3 Å². The van der Waals surface area contributed by atoms with E-state index in [1.165, 1.54) is 7.11 Å². The van der Waals surface area contributed by atoms with Crippen LogP contribution in [0.25, 0.3) is 22.3 Å². The van der Waals surface area contributed by atoms with Gasteiger partial charge in [-0.3, -0.25) is 0 Å². The summed E-state index contributed by atoms with van der Waals surface area (Å²) in [5, 5.41) is 6.84. The molecule has 0 saturated carbocycles. The fourth-order valence-corrected chi connectivity index (χ4v) is 2.70. The highest BCUT2D eigenvalue weighted by atomic mass is 79.9. The summed E-state index contributed by atoms with van der Waals surface area (Å²) in [6, 6.07) is 7.44. The molecule has 0 aliphatic rings. The molecule has 1 heterocycles. The number of hydrogen-bond acceptors (Lipinski definition) is 3. The third-order valence-corrected chi connectivity index (χ3v) is 4.01. The molecular formula is C17H9BrF4N2O. The van der Waals surface area contributed by atoms with Gasteiger partial charge in [0.15, 0.2) is 0 Å². The van der Waals surface area contributed by atoms with Gasteiger partial charge in [-0.25, -0.2) is 13.2 Å². The van der Waals surface area contributed by atoms with E-state index in [0.717, 1.165) is 4.47 Å². The Morgan fingerprint density at radius 2 is 1.44 bits per heavy atom. The van der Waals surface area contributed by atoms with E-state index in [2.05, 4.69) is 26.1 Å². The summed E-state index contributed by atoms with van der Waals surface area (Å²) in [5.74, 6) is -4.96. The first kappa shape index (κ1) is 17.3. The lowest BCUT2D eigenvalue weighted by molar-refractivity contribution is 0.388.